The van der Waals surface area contributed by atoms with E-state index in [9.17, 15) is 8.78 Å². The van der Waals surface area contributed by atoms with Gasteiger partial charge in [-0.1, -0.05) is 0 Å². The number of halogens is 2. The van der Waals surface area contributed by atoms with Crippen LogP contribution in [-0.4, -0.2) is 41.8 Å². The molecule has 0 atom stereocenters. The Labute approximate surface area is 184 Å². The van der Waals surface area contributed by atoms with Crippen molar-refractivity contribution in [2.75, 3.05) is 32.2 Å². The fourth-order valence-corrected chi connectivity index (χ4v) is 3.35. The summed E-state index contributed by atoms with van der Waals surface area (Å²) in [4.78, 5) is 13.4. The van der Waals surface area contributed by atoms with Crippen molar-refractivity contribution >= 4 is 16.7 Å². The summed E-state index contributed by atoms with van der Waals surface area (Å²) in [5.74, 6) is 0.351. The summed E-state index contributed by atoms with van der Waals surface area (Å²) in [6, 6.07) is 10.4. The van der Waals surface area contributed by atoms with Gasteiger partial charge in [0.25, 0.3) is 0 Å². The molecule has 0 aliphatic rings. The molecule has 0 saturated heterocycles. The van der Waals surface area contributed by atoms with E-state index in [0.29, 0.717) is 47.1 Å². The Morgan fingerprint density at radius 2 is 1.88 bits per heavy atom. The summed E-state index contributed by atoms with van der Waals surface area (Å²) in [7, 11) is 1.74. The number of aromatic nitrogens is 3. The van der Waals surface area contributed by atoms with Gasteiger partial charge in [-0.25, -0.2) is 18.7 Å². The van der Waals surface area contributed by atoms with Crippen LogP contribution in [0.3, 0.4) is 0 Å². The Hall–Kier alpha value is -3.65. The summed E-state index contributed by atoms with van der Waals surface area (Å²) in [5, 5.41) is 3.69. The molecule has 4 aromatic rings. The second-order valence-electron chi connectivity index (χ2n) is 6.93. The van der Waals surface area contributed by atoms with Gasteiger partial charge in [0.2, 0.25) is 0 Å². The number of hydrogen-bond acceptors (Lipinski definition) is 6. The number of nitrogens with one attached hydrogen (secondary N) is 1. The van der Waals surface area contributed by atoms with Crippen molar-refractivity contribution in [3.8, 4) is 28.3 Å². The lowest BCUT2D eigenvalue weighted by molar-refractivity contribution is 0.110. The van der Waals surface area contributed by atoms with Crippen LogP contribution >= 0.6 is 0 Å². The van der Waals surface area contributed by atoms with Gasteiger partial charge in [0, 0.05) is 42.6 Å². The maximum atomic E-state index is 14.5. The standard InChI is InChI=1S/C24H22F2N4O2/c1-3-31-9-10-32-21-12-16(18-13-17(25)6-7-20(18)26)11-19-22(21)29-23(30-24(19)27-2)15-5-4-8-28-14-15/h4-8,11-14H,3,9-10H2,1-2H3,(H,27,29,30). The molecular formula is C24H22F2N4O2. The SMILES string of the molecule is CCOCCOc1cc(-c2cc(F)ccc2F)cc2c(NC)nc(-c3cccnc3)nc12. The van der Waals surface area contributed by atoms with Gasteiger partial charge in [-0.05, 0) is 55.0 Å². The van der Waals surface area contributed by atoms with E-state index in [1.165, 1.54) is 0 Å². The van der Waals surface area contributed by atoms with Crippen molar-refractivity contribution in [2.45, 2.75) is 6.92 Å². The number of benzene rings is 2. The number of rotatable bonds is 8. The Morgan fingerprint density at radius 3 is 2.62 bits per heavy atom. The quantitative estimate of drug-likeness (QED) is 0.388. The maximum absolute atomic E-state index is 14.5. The van der Waals surface area contributed by atoms with Crippen molar-refractivity contribution in [3.63, 3.8) is 0 Å². The molecule has 0 unspecified atom stereocenters. The average molecular weight is 436 g/mol. The number of fused-ring (bicyclic) bond motifs is 1. The van der Waals surface area contributed by atoms with Crippen molar-refractivity contribution < 1.29 is 18.3 Å². The van der Waals surface area contributed by atoms with Crippen molar-refractivity contribution in [1.29, 1.82) is 0 Å². The summed E-state index contributed by atoms with van der Waals surface area (Å²) >= 11 is 0. The van der Waals surface area contributed by atoms with Crippen molar-refractivity contribution in [3.05, 3.63) is 66.5 Å². The number of anilines is 1. The zero-order chi connectivity index (χ0) is 22.5. The molecule has 2 aromatic carbocycles. The van der Waals surface area contributed by atoms with Crippen molar-refractivity contribution in [2.24, 2.45) is 0 Å². The fraction of sp³-hybridized carbons (Fsp3) is 0.208. The van der Waals surface area contributed by atoms with Gasteiger partial charge in [0.15, 0.2) is 5.82 Å². The van der Waals surface area contributed by atoms with Crippen LogP contribution in [0.4, 0.5) is 14.6 Å². The Morgan fingerprint density at radius 1 is 1.00 bits per heavy atom. The molecule has 0 saturated carbocycles. The molecule has 0 aliphatic carbocycles. The molecule has 0 aliphatic heterocycles. The molecule has 32 heavy (non-hydrogen) atoms. The van der Waals surface area contributed by atoms with E-state index >= 15 is 0 Å². The number of nitrogens with zero attached hydrogens (tertiary/aromatic N) is 3. The molecule has 2 heterocycles. The highest BCUT2D eigenvalue weighted by Crippen LogP contribution is 2.36. The molecule has 164 valence electrons. The molecule has 0 bridgehead atoms. The van der Waals surface area contributed by atoms with Gasteiger partial charge < -0.3 is 14.8 Å². The van der Waals surface area contributed by atoms with E-state index in [-0.39, 0.29) is 12.2 Å². The maximum Gasteiger partial charge on any atom is 0.163 e. The lowest BCUT2D eigenvalue weighted by Crippen LogP contribution is -2.08. The van der Waals surface area contributed by atoms with E-state index in [4.69, 9.17) is 14.5 Å². The van der Waals surface area contributed by atoms with Gasteiger partial charge in [-0.15, -0.1) is 0 Å². The smallest absolute Gasteiger partial charge is 0.163 e. The molecule has 0 spiro atoms. The first kappa shape index (κ1) is 21.6. The zero-order valence-electron chi connectivity index (χ0n) is 17.7. The van der Waals surface area contributed by atoms with Gasteiger partial charge in [0.05, 0.1) is 6.61 Å². The fourth-order valence-electron chi connectivity index (χ4n) is 3.35. The van der Waals surface area contributed by atoms with Crippen LogP contribution in [0.2, 0.25) is 0 Å². The summed E-state index contributed by atoms with van der Waals surface area (Å²) in [6.07, 6.45) is 3.35. The number of hydrogen-bond donors (Lipinski definition) is 1. The minimum Gasteiger partial charge on any atom is -0.489 e. The first-order valence-electron chi connectivity index (χ1n) is 10.2. The Kier molecular flexibility index (Phi) is 6.51. The second kappa shape index (κ2) is 9.65. The van der Waals surface area contributed by atoms with E-state index < -0.39 is 11.6 Å². The van der Waals surface area contributed by atoms with Gasteiger partial charge in [-0.2, -0.15) is 0 Å². The van der Waals surface area contributed by atoms with Crippen LogP contribution < -0.4 is 10.1 Å². The van der Waals surface area contributed by atoms with Gasteiger partial charge >= 0.3 is 0 Å². The predicted molar refractivity (Wildman–Crippen MR) is 120 cm³/mol. The first-order chi connectivity index (χ1) is 15.6. The van der Waals surface area contributed by atoms with Crippen molar-refractivity contribution in [1.82, 2.24) is 15.0 Å². The number of ether oxygens (including phenoxy) is 2. The van der Waals surface area contributed by atoms with Crippen LogP contribution in [0.1, 0.15) is 6.92 Å². The average Bonchev–Trinajstić information content (AvgIpc) is 2.83. The highest BCUT2D eigenvalue weighted by molar-refractivity contribution is 5.97. The molecule has 8 heteroatoms. The highest BCUT2D eigenvalue weighted by Gasteiger charge is 2.17. The van der Waals surface area contributed by atoms with Crippen LogP contribution in [0.5, 0.6) is 5.75 Å². The molecule has 6 nitrogen and oxygen atoms in total. The lowest BCUT2D eigenvalue weighted by Gasteiger charge is -2.15. The predicted octanol–water partition coefficient (Wildman–Crippen LogP) is 5.09. The minimum absolute atomic E-state index is 0.125. The minimum atomic E-state index is -0.537. The van der Waals surface area contributed by atoms with Crippen LogP contribution in [-0.2, 0) is 4.74 Å². The third kappa shape index (κ3) is 4.50. The normalized spacial score (nSPS) is 11.0. The summed E-state index contributed by atoms with van der Waals surface area (Å²) in [5.41, 5.74) is 1.86. The Balaban J connectivity index is 1.91. The topological polar surface area (TPSA) is 69.2 Å². The van der Waals surface area contributed by atoms with E-state index in [2.05, 4.69) is 15.3 Å². The third-order valence-electron chi connectivity index (χ3n) is 4.85. The van der Waals surface area contributed by atoms with Gasteiger partial charge in [-0.3, -0.25) is 4.98 Å². The van der Waals surface area contributed by atoms with Gasteiger partial charge in [0.1, 0.15) is 35.3 Å². The molecule has 4 rings (SSSR count). The Bertz CT molecular complexity index is 1240. The zero-order valence-corrected chi connectivity index (χ0v) is 17.7. The highest BCUT2D eigenvalue weighted by atomic mass is 19.1. The summed E-state index contributed by atoms with van der Waals surface area (Å²) < 4.78 is 39.7. The first-order valence-corrected chi connectivity index (χ1v) is 10.2. The monoisotopic (exact) mass is 436 g/mol. The van der Waals surface area contributed by atoms with E-state index in [0.717, 1.165) is 23.8 Å². The second-order valence-corrected chi connectivity index (χ2v) is 6.93. The van der Waals surface area contributed by atoms with Crippen LogP contribution in [0, 0.1) is 11.6 Å². The molecule has 0 radical (unpaired) electrons. The summed E-state index contributed by atoms with van der Waals surface area (Å²) in [6.45, 7) is 3.13. The molecule has 0 amide bonds. The van der Waals surface area contributed by atoms with Crippen LogP contribution in [0.15, 0.2) is 54.9 Å². The third-order valence-corrected chi connectivity index (χ3v) is 4.85. The molecule has 2 aromatic heterocycles. The van der Waals surface area contributed by atoms with E-state index in [1.54, 1.807) is 37.6 Å². The molecule has 0 fully saturated rings. The largest absolute Gasteiger partial charge is 0.489 e. The molecular weight excluding hydrogens is 414 g/mol. The molecule has 1 N–H and O–H groups in total. The lowest BCUT2D eigenvalue weighted by atomic mass is 10.0. The van der Waals surface area contributed by atoms with E-state index in [1.807, 2.05) is 13.0 Å². The van der Waals surface area contributed by atoms with Crippen LogP contribution in [0.25, 0.3) is 33.4 Å². The number of pyridine rings is 1.